The molecule has 0 spiro atoms. The molecule has 0 aromatic heterocycles. The number of nitrogens with one attached hydrogen (secondary N) is 2. The van der Waals surface area contributed by atoms with E-state index in [4.69, 9.17) is 0 Å². The Morgan fingerprint density at radius 2 is 1.93 bits per heavy atom. The first kappa shape index (κ1) is 22.1. The Labute approximate surface area is 175 Å². The van der Waals surface area contributed by atoms with Crippen molar-refractivity contribution in [1.29, 1.82) is 0 Å². The smallest absolute Gasteiger partial charge is 0.351 e. The lowest BCUT2D eigenvalue weighted by Crippen LogP contribution is -2.33. The van der Waals surface area contributed by atoms with E-state index in [0.717, 1.165) is 32.4 Å². The highest BCUT2D eigenvalue weighted by molar-refractivity contribution is 8.15. The van der Waals surface area contributed by atoms with Gasteiger partial charge in [-0.05, 0) is 37.5 Å². The molecule has 1 aromatic carbocycles. The number of likely N-dealkylation sites (tertiary alicyclic amines) is 1. The first-order chi connectivity index (χ1) is 14.2. The molecule has 0 saturated carbocycles. The van der Waals surface area contributed by atoms with Crippen LogP contribution in [-0.4, -0.2) is 58.8 Å². The van der Waals surface area contributed by atoms with Crippen molar-refractivity contribution in [3.05, 3.63) is 29.8 Å². The van der Waals surface area contributed by atoms with E-state index < -0.39 is 29.8 Å². The van der Waals surface area contributed by atoms with Crippen molar-refractivity contribution in [1.82, 2.24) is 10.2 Å². The Morgan fingerprint density at radius 3 is 2.63 bits per heavy atom. The summed E-state index contributed by atoms with van der Waals surface area (Å²) in [6.07, 6.45) is -1.35. The maximum absolute atomic E-state index is 12.3. The minimum atomic E-state index is -4.51. The van der Waals surface area contributed by atoms with Crippen LogP contribution in [0.1, 0.15) is 36.0 Å². The van der Waals surface area contributed by atoms with Crippen molar-refractivity contribution in [2.45, 2.75) is 37.1 Å². The van der Waals surface area contributed by atoms with Gasteiger partial charge in [0.15, 0.2) is 5.17 Å². The van der Waals surface area contributed by atoms with Crippen LogP contribution in [0, 0.1) is 0 Å². The van der Waals surface area contributed by atoms with Crippen molar-refractivity contribution in [2.24, 2.45) is 4.99 Å². The molecule has 1 atom stereocenters. The molecule has 162 valence electrons. The molecule has 2 N–H and O–H groups in total. The van der Waals surface area contributed by atoms with Gasteiger partial charge in [-0.25, -0.2) is 0 Å². The van der Waals surface area contributed by atoms with E-state index in [9.17, 15) is 27.6 Å². The number of aliphatic imine (C=N–C) groups is 1. The molecule has 7 nitrogen and oxygen atoms in total. The molecule has 1 fully saturated rings. The zero-order valence-electron chi connectivity index (χ0n) is 16.0. The first-order valence-electron chi connectivity index (χ1n) is 9.50. The molecule has 0 radical (unpaired) electrons. The number of nitrogens with zero attached hydrogens (tertiary/aromatic N) is 2. The zero-order chi connectivity index (χ0) is 21.7. The number of amides is 3. The third kappa shape index (κ3) is 6.22. The van der Waals surface area contributed by atoms with Gasteiger partial charge in [0.05, 0.1) is 0 Å². The average Bonchev–Trinajstić information content (AvgIpc) is 3.06. The van der Waals surface area contributed by atoms with Gasteiger partial charge in [-0.2, -0.15) is 18.2 Å². The van der Waals surface area contributed by atoms with Gasteiger partial charge in [-0.3, -0.25) is 14.4 Å². The Bertz CT molecular complexity index is 854. The summed E-state index contributed by atoms with van der Waals surface area (Å²) in [6, 6.07) is 5.59. The fraction of sp³-hybridized carbons (Fsp3) is 0.474. The Kier molecular flexibility index (Phi) is 7.01. The SMILES string of the molecule is O=C(CC1SC(N2CCCCC2)=NC1=O)Nc1cccc(C(=O)NCC(F)(F)F)c1. The second kappa shape index (κ2) is 9.50. The van der Waals surface area contributed by atoms with Crippen molar-refractivity contribution in [3.63, 3.8) is 0 Å². The number of carbonyl (C=O) groups excluding carboxylic acids is 3. The van der Waals surface area contributed by atoms with Crippen LogP contribution in [0.25, 0.3) is 0 Å². The monoisotopic (exact) mass is 442 g/mol. The molecular formula is C19H21F3N4O3S. The number of anilines is 1. The number of piperidine rings is 1. The van der Waals surface area contributed by atoms with E-state index in [2.05, 4.69) is 15.2 Å². The summed E-state index contributed by atoms with van der Waals surface area (Å²) < 4.78 is 36.7. The van der Waals surface area contributed by atoms with E-state index >= 15 is 0 Å². The Morgan fingerprint density at radius 1 is 1.20 bits per heavy atom. The molecule has 3 amide bonds. The highest BCUT2D eigenvalue weighted by Crippen LogP contribution is 2.29. The lowest BCUT2D eigenvalue weighted by Gasteiger charge is -2.27. The highest BCUT2D eigenvalue weighted by atomic mass is 32.2. The van der Waals surface area contributed by atoms with Gasteiger partial charge in [-0.15, -0.1) is 0 Å². The molecule has 2 heterocycles. The fourth-order valence-corrected chi connectivity index (χ4v) is 4.25. The van der Waals surface area contributed by atoms with Crippen LogP contribution in [-0.2, 0) is 9.59 Å². The minimum Gasteiger partial charge on any atom is -0.351 e. The molecule has 0 bridgehead atoms. The molecule has 11 heteroatoms. The predicted octanol–water partition coefficient (Wildman–Crippen LogP) is 2.79. The number of benzene rings is 1. The Hall–Kier alpha value is -2.56. The molecule has 0 aliphatic carbocycles. The fourth-order valence-electron chi connectivity index (χ4n) is 3.13. The molecule has 1 unspecified atom stereocenters. The number of halogens is 3. The normalized spacial score (nSPS) is 19.4. The molecule has 1 aromatic rings. The topological polar surface area (TPSA) is 90.9 Å². The van der Waals surface area contributed by atoms with Gasteiger partial charge in [0.2, 0.25) is 5.91 Å². The van der Waals surface area contributed by atoms with Gasteiger partial charge < -0.3 is 15.5 Å². The van der Waals surface area contributed by atoms with Gasteiger partial charge in [-0.1, -0.05) is 17.8 Å². The molecular weight excluding hydrogens is 421 g/mol. The number of carbonyl (C=O) groups is 3. The van der Waals surface area contributed by atoms with Crippen molar-refractivity contribution >= 4 is 40.3 Å². The molecule has 3 rings (SSSR count). The standard InChI is InChI=1S/C19H21F3N4O3S/c20-19(21,22)11-23-16(28)12-5-4-6-13(9-12)24-15(27)10-14-17(29)25-18(30-14)26-7-2-1-3-8-26/h4-6,9,14H,1-3,7-8,10-11H2,(H,23,28)(H,24,27). The zero-order valence-corrected chi connectivity index (χ0v) is 16.8. The molecule has 2 aliphatic rings. The molecule has 30 heavy (non-hydrogen) atoms. The summed E-state index contributed by atoms with van der Waals surface area (Å²) in [5.41, 5.74) is 0.242. The van der Waals surface area contributed by atoms with E-state index in [1.807, 2.05) is 0 Å². The van der Waals surface area contributed by atoms with Crippen LogP contribution in [0.4, 0.5) is 18.9 Å². The van der Waals surface area contributed by atoms with E-state index in [-0.39, 0.29) is 23.6 Å². The minimum absolute atomic E-state index is 0.0147. The van der Waals surface area contributed by atoms with Crippen LogP contribution in [0.15, 0.2) is 29.3 Å². The van der Waals surface area contributed by atoms with Gasteiger partial charge >= 0.3 is 6.18 Å². The third-order valence-corrected chi connectivity index (χ3v) is 5.80. The number of amidine groups is 1. The summed E-state index contributed by atoms with van der Waals surface area (Å²) in [6.45, 7) is 0.255. The molecule has 1 saturated heterocycles. The number of rotatable bonds is 5. The van der Waals surface area contributed by atoms with Crippen LogP contribution in [0.5, 0.6) is 0 Å². The maximum atomic E-state index is 12.3. The van der Waals surface area contributed by atoms with Crippen LogP contribution in [0.3, 0.4) is 0 Å². The second-order valence-electron chi connectivity index (χ2n) is 7.02. The van der Waals surface area contributed by atoms with E-state index in [1.165, 1.54) is 36.0 Å². The summed E-state index contributed by atoms with van der Waals surface area (Å²) in [5.74, 6) is -1.69. The lowest BCUT2D eigenvalue weighted by atomic mass is 10.1. The summed E-state index contributed by atoms with van der Waals surface area (Å²) in [7, 11) is 0. The van der Waals surface area contributed by atoms with Crippen LogP contribution < -0.4 is 10.6 Å². The summed E-state index contributed by atoms with van der Waals surface area (Å²) in [5, 5.41) is 4.40. The number of alkyl halides is 3. The van der Waals surface area contributed by atoms with Crippen molar-refractivity contribution in [3.8, 4) is 0 Å². The third-order valence-electron chi connectivity index (χ3n) is 4.58. The van der Waals surface area contributed by atoms with Crippen LogP contribution in [0.2, 0.25) is 0 Å². The predicted molar refractivity (Wildman–Crippen MR) is 107 cm³/mol. The first-order valence-corrected chi connectivity index (χ1v) is 10.4. The largest absolute Gasteiger partial charge is 0.405 e. The summed E-state index contributed by atoms with van der Waals surface area (Å²) >= 11 is 1.28. The van der Waals surface area contributed by atoms with Gasteiger partial charge in [0, 0.05) is 30.8 Å². The van der Waals surface area contributed by atoms with Crippen molar-refractivity contribution < 1.29 is 27.6 Å². The quantitative estimate of drug-likeness (QED) is 0.732. The second-order valence-corrected chi connectivity index (χ2v) is 8.19. The van der Waals surface area contributed by atoms with Crippen LogP contribution >= 0.6 is 11.8 Å². The highest BCUT2D eigenvalue weighted by Gasteiger charge is 2.33. The number of hydrogen-bond acceptors (Lipinski definition) is 5. The Balaban J connectivity index is 1.53. The van der Waals surface area contributed by atoms with Gasteiger partial charge in [0.1, 0.15) is 11.8 Å². The molecule has 2 aliphatic heterocycles. The maximum Gasteiger partial charge on any atom is 0.405 e. The number of hydrogen-bond donors (Lipinski definition) is 2. The van der Waals surface area contributed by atoms with Crippen molar-refractivity contribution in [2.75, 3.05) is 25.0 Å². The lowest BCUT2D eigenvalue weighted by molar-refractivity contribution is -0.123. The average molecular weight is 442 g/mol. The summed E-state index contributed by atoms with van der Waals surface area (Å²) in [4.78, 5) is 42.5. The van der Waals surface area contributed by atoms with Gasteiger partial charge in [0.25, 0.3) is 11.8 Å². The number of thioether (sulfide) groups is 1. The van der Waals surface area contributed by atoms with E-state index in [0.29, 0.717) is 5.17 Å². The van der Waals surface area contributed by atoms with E-state index in [1.54, 1.807) is 5.32 Å².